The molecule has 2 heterocycles. The minimum Gasteiger partial charge on any atom is -0.496 e. The second-order valence-electron chi connectivity index (χ2n) is 7.77. The third kappa shape index (κ3) is 4.32. The predicted octanol–water partition coefficient (Wildman–Crippen LogP) is 3.83. The first-order valence-electron chi connectivity index (χ1n) is 10.4. The highest BCUT2D eigenvalue weighted by Gasteiger charge is 2.34. The van der Waals surface area contributed by atoms with Gasteiger partial charge in [0.25, 0.3) is 11.8 Å². The third-order valence-corrected chi connectivity index (χ3v) is 5.88. The number of thiocarbonyl (C=S) groups is 1. The highest BCUT2D eigenvalue weighted by atomic mass is 32.1. The molecule has 4 rings (SSSR count). The number of ether oxygens (including phenoxy) is 1. The Morgan fingerprint density at radius 1 is 1.03 bits per heavy atom. The smallest absolute Gasteiger partial charge is 0.270 e. The van der Waals surface area contributed by atoms with Gasteiger partial charge in [-0.2, -0.15) is 0 Å². The molecule has 0 bridgehead atoms. The monoisotopic (exact) mass is 435 g/mol. The highest BCUT2D eigenvalue weighted by molar-refractivity contribution is 7.80. The van der Waals surface area contributed by atoms with Crippen molar-refractivity contribution in [3.8, 4) is 5.75 Å². The minimum atomic E-state index is -0.513. The fourth-order valence-electron chi connectivity index (χ4n) is 3.98. The second kappa shape index (κ2) is 8.89. The molecule has 0 radical (unpaired) electrons. The number of hydrogen-bond acceptors (Lipinski definition) is 5. The number of anilines is 2. The Balaban J connectivity index is 1.68. The summed E-state index contributed by atoms with van der Waals surface area (Å²) in [4.78, 5) is 29.5. The predicted molar refractivity (Wildman–Crippen MR) is 126 cm³/mol. The number of piperidine rings is 1. The minimum absolute atomic E-state index is 0.0131. The van der Waals surface area contributed by atoms with Crippen molar-refractivity contribution in [2.24, 2.45) is 0 Å². The van der Waals surface area contributed by atoms with Gasteiger partial charge in [-0.25, -0.2) is 0 Å². The second-order valence-corrected chi connectivity index (χ2v) is 8.16. The average Bonchev–Trinajstić information content (AvgIpc) is 2.77. The third-order valence-electron chi connectivity index (χ3n) is 5.60. The average molecular weight is 436 g/mol. The molecule has 31 heavy (non-hydrogen) atoms. The van der Waals surface area contributed by atoms with Crippen LogP contribution < -0.4 is 19.9 Å². The van der Waals surface area contributed by atoms with Gasteiger partial charge < -0.3 is 9.64 Å². The molecule has 2 aliphatic heterocycles. The summed E-state index contributed by atoms with van der Waals surface area (Å²) in [6, 6.07) is 13.3. The summed E-state index contributed by atoms with van der Waals surface area (Å²) in [5, 5.41) is 2.70. The fourth-order valence-corrected chi connectivity index (χ4v) is 4.26. The highest BCUT2D eigenvalue weighted by Crippen LogP contribution is 2.30. The van der Waals surface area contributed by atoms with E-state index in [2.05, 4.69) is 10.2 Å². The standard InChI is InChI=1S/C24H25N3O3S/c1-16-7-6-8-19(13-16)27-23(29)20(22(28)25-24(27)31)14-17-9-10-18(15-21(17)30-2)26-11-4-3-5-12-26/h6-10,13-15H,3-5,11-12H2,1-2H3,(H,25,28,31)/b20-14+. The van der Waals surface area contributed by atoms with E-state index in [4.69, 9.17) is 17.0 Å². The van der Waals surface area contributed by atoms with Gasteiger partial charge in [0.2, 0.25) is 0 Å². The summed E-state index contributed by atoms with van der Waals surface area (Å²) >= 11 is 5.28. The first kappa shape index (κ1) is 21.1. The topological polar surface area (TPSA) is 61.9 Å². The van der Waals surface area contributed by atoms with Crippen LogP contribution in [-0.4, -0.2) is 37.1 Å². The molecule has 0 unspecified atom stereocenters. The maximum absolute atomic E-state index is 13.2. The number of methoxy groups -OCH3 is 1. The normalized spacial score (nSPS) is 18.4. The first-order valence-corrected chi connectivity index (χ1v) is 10.8. The zero-order valence-electron chi connectivity index (χ0n) is 17.7. The molecule has 0 aromatic heterocycles. The molecular weight excluding hydrogens is 410 g/mol. The van der Waals surface area contributed by atoms with Crippen LogP contribution in [0.25, 0.3) is 6.08 Å². The summed E-state index contributed by atoms with van der Waals surface area (Å²) in [5.74, 6) is -0.353. The molecule has 2 aromatic carbocycles. The van der Waals surface area contributed by atoms with Crippen LogP contribution >= 0.6 is 12.2 Å². The number of benzene rings is 2. The molecule has 0 spiro atoms. The Morgan fingerprint density at radius 2 is 1.81 bits per heavy atom. The number of carbonyl (C=O) groups is 2. The quantitative estimate of drug-likeness (QED) is 0.449. The molecule has 0 aliphatic carbocycles. The summed E-state index contributed by atoms with van der Waals surface area (Å²) in [6.07, 6.45) is 5.18. The van der Waals surface area contributed by atoms with E-state index < -0.39 is 11.8 Å². The largest absolute Gasteiger partial charge is 0.496 e. The van der Waals surface area contributed by atoms with Gasteiger partial charge >= 0.3 is 0 Å². The molecule has 2 aliphatic rings. The van der Waals surface area contributed by atoms with E-state index in [1.165, 1.54) is 24.2 Å². The van der Waals surface area contributed by atoms with Crippen LogP contribution in [0.4, 0.5) is 11.4 Å². The van der Waals surface area contributed by atoms with Crippen LogP contribution in [0, 0.1) is 6.92 Å². The lowest BCUT2D eigenvalue weighted by Gasteiger charge is -2.30. The van der Waals surface area contributed by atoms with Gasteiger partial charge in [0.15, 0.2) is 5.11 Å². The molecule has 2 saturated heterocycles. The van der Waals surface area contributed by atoms with Gasteiger partial charge in [0.1, 0.15) is 11.3 Å². The molecular formula is C24H25N3O3S. The van der Waals surface area contributed by atoms with Gasteiger partial charge in [-0.3, -0.25) is 19.8 Å². The number of hydrogen-bond donors (Lipinski definition) is 1. The number of amides is 2. The lowest BCUT2D eigenvalue weighted by atomic mass is 10.0. The molecule has 7 heteroatoms. The van der Waals surface area contributed by atoms with E-state index in [1.807, 2.05) is 43.3 Å². The van der Waals surface area contributed by atoms with Crippen LogP contribution in [0.2, 0.25) is 0 Å². The van der Waals surface area contributed by atoms with Crippen molar-refractivity contribution in [1.29, 1.82) is 0 Å². The van der Waals surface area contributed by atoms with Crippen LogP contribution in [0.15, 0.2) is 48.0 Å². The van der Waals surface area contributed by atoms with E-state index >= 15 is 0 Å². The van der Waals surface area contributed by atoms with Gasteiger partial charge in [-0.1, -0.05) is 12.1 Å². The maximum Gasteiger partial charge on any atom is 0.270 e. The molecule has 2 fully saturated rings. The molecule has 0 saturated carbocycles. The maximum atomic E-state index is 13.2. The fraction of sp³-hybridized carbons (Fsp3) is 0.292. The summed E-state index contributed by atoms with van der Waals surface area (Å²) in [5.41, 5.74) is 3.37. The molecule has 6 nitrogen and oxygen atoms in total. The Morgan fingerprint density at radius 3 is 2.52 bits per heavy atom. The van der Waals surface area contributed by atoms with E-state index in [-0.39, 0.29) is 10.7 Å². The van der Waals surface area contributed by atoms with Crippen LogP contribution in [0.5, 0.6) is 5.75 Å². The summed E-state index contributed by atoms with van der Waals surface area (Å²) in [6.45, 7) is 3.98. The number of aryl methyl sites for hydroxylation is 1. The Labute approximate surface area is 187 Å². The van der Waals surface area contributed by atoms with E-state index in [0.29, 0.717) is 17.0 Å². The van der Waals surface area contributed by atoms with Crippen LogP contribution in [0.3, 0.4) is 0 Å². The van der Waals surface area contributed by atoms with Crippen molar-refractivity contribution >= 4 is 46.6 Å². The van der Waals surface area contributed by atoms with Crippen LogP contribution in [0.1, 0.15) is 30.4 Å². The molecule has 160 valence electrons. The van der Waals surface area contributed by atoms with Crippen LogP contribution in [-0.2, 0) is 9.59 Å². The number of nitrogens with one attached hydrogen (secondary N) is 1. The van der Waals surface area contributed by atoms with E-state index in [1.54, 1.807) is 19.3 Å². The van der Waals surface area contributed by atoms with Gasteiger partial charge in [0.05, 0.1) is 12.8 Å². The summed E-state index contributed by atoms with van der Waals surface area (Å²) < 4.78 is 5.58. The van der Waals surface area contributed by atoms with Crippen molar-refractivity contribution in [2.45, 2.75) is 26.2 Å². The van der Waals surface area contributed by atoms with E-state index in [9.17, 15) is 9.59 Å². The number of carbonyl (C=O) groups excluding carboxylic acids is 2. The SMILES string of the molecule is COc1cc(N2CCCCC2)ccc1/C=C1\C(=O)NC(=S)N(c2cccc(C)c2)C1=O. The molecule has 2 amide bonds. The van der Waals surface area contributed by atoms with Gasteiger partial charge in [-0.05, 0) is 74.3 Å². The lowest BCUT2D eigenvalue weighted by Crippen LogP contribution is -2.54. The lowest BCUT2D eigenvalue weighted by molar-refractivity contribution is -0.122. The zero-order valence-corrected chi connectivity index (χ0v) is 18.5. The van der Waals surface area contributed by atoms with Crippen molar-refractivity contribution < 1.29 is 14.3 Å². The zero-order chi connectivity index (χ0) is 22.0. The molecule has 2 aromatic rings. The van der Waals surface area contributed by atoms with Crippen molar-refractivity contribution in [3.63, 3.8) is 0 Å². The number of rotatable bonds is 4. The van der Waals surface area contributed by atoms with E-state index in [0.717, 1.165) is 24.3 Å². The summed E-state index contributed by atoms with van der Waals surface area (Å²) in [7, 11) is 1.59. The van der Waals surface area contributed by atoms with Crippen molar-refractivity contribution in [1.82, 2.24) is 5.32 Å². The molecule has 1 N–H and O–H groups in total. The van der Waals surface area contributed by atoms with Crippen molar-refractivity contribution in [2.75, 3.05) is 30.0 Å². The number of nitrogens with zero attached hydrogens (tertiary/aromatic N) is 2. The first-order chi connectivity index (χ1) is 15.0. The Hall–Kier alpha value is -3.19. The van der Waals surface area contributed by atoms with Gasteiger partial charge in [0, 0.05) is 30.4 Å². The van der Waals surface area contributed by atoms with Gasteiger partial charge in [-0.15, -0.1) is 0 Å². The van der Waals surface area contributed by atoms with Crippen molar-refractivity contribution in [3.05, 3.63) is 59.2 Å². The Bertz CT molecular complexity index is 1070. The molecule has 0 atom stereocenters. The Kier molecular flexibility index (Phi) is 6.04.